The summed E-state index contributed by atoms with van der Waals surface area (Å²) in [6.07, 6.45) is 3.40. The lowest BCUT2D eigenvalue weighted by Crippen LogP contribution is -2.31. The van der Waals surface area contributed by atoms with Crippen LogP contribution in [0.25, 0.3) is 0 Å². The molecule has 3 rings (SSSR count). The van der Waals surface area contributed by atoms with Gasteiger partial charge in [0.25, 0.3) is 0 Å². The van der Waals surface area contributed by atoms with Crippen LogP contribution in [0.4, 0.5) is 0 Å². The highest BCUT2D eigenvalue weighted by atomic mass is 32.1. The van der Waals surface area contributed by atoms with Crippen molar-refractivity contribution in [2.45, 2.75) is 38.6 Å². The molecule has 2 aromatic heterocycles. The Bertz CT molecular complexity index is 678. The van der Waals surface area contributed by atoms with Gasteiger partial charge in [-0.3, -0.25) is 4.79 Å². The van der Waals surface area contributed by atoms with Crippen LogP contribution in [0.15, 0.2) is 17.5 Å². The number of nitrogens with zero attached hydrogens (tertiary/aromatic N) is 3. The monoisotopic (exact) mass is 333 g/mol. The first kappa shape index (κ1) is 16.1. The number of hydrogen-bond acceptors (Lipinski definition) is 4. The Morgan fingerprint density at radius 1 is 1.52 bits per heavy atom. The molecule has 1 aliphatic heterocycles. The van der Waals surface area contributed by atoms with Crippen molar-refractivity contribution < 1.29 is 9.53 Å². The Morgan fingerprint density at radius 3 is 3.04 bits per heavy atom. The van der Waals surface area contributed by atoms with E-state index in [1.807, 2.05) is 24.9 Å². The van der Waals surface area contributed by atoms with E-state index in [1.165, 1.54) is 4.88 Å². The second-order valence-electron chi connectivity index (χ2n) is 5.96. The van der Waals surface area contributed by atoms with E-state index in [2.05, 4.69) is 16.5 Å². The largest absolute Gasteiger partial charge is 0.481 e. The van der Waals surface area contributed by atoms with Gasteiger partial charge in [-0.2, -0.15) is 5.10 Å². The maximum absolute atomic E-state index is 12.7. The summed E-state index contributed by atoms with van der Waals surface area (Å²) in [5, 5.41) is 6.52. The maximum atomic E-state index is 12.7. The summed E-state index contributed by atoms with van der Waals surface area (Å²) in [4.78, 5) is 16.0. The molecule has 2 aromatic rings. The molecule has 3 heterocycles. The van der Waals surface area contributed by atoms with Crippen molar-refractivity contribution in [1.82, 2.24) is 14.7 Å². The van der Waals surface area contributed by atoms with Crippen LogP contribution < -0.4 is 4.74 Å². The van der Waals surface area contributed by atoms with Crippen molar-refractivity contribution in [3.63, 3.8) is 0 Å². The second-order valence-corrected chi connectivity index (χ2v) is 6.99. The van der Waals surface area contributed by atoms with Gasteiger partial charge in [0.15, 0.2) is 0 Å². The molecule has 1 saturated heterocycles. The van der Waals surface area contributed by atoms with Gasteiger partial charge in [-0.15, -0.1) is 11.3 Å². The van der Waals surface area contributed by atoms with Gasteiger partial charge in [0.05, 0.1) is 24.4 Å². The van der Waals surface area contributed by atoms with Gasteiger partial charge in [-0.05, 0) is 37.6 Å². The molecule has 23 heavy (non-hydrogen) atoms. The number of hydrogen-bond donors (Lipinski definition) is 0. The van der Waals surface area contributed by atoms with Gasteiger partial charge in [0.2, 0.25) is 11.8 Å². The van der Waals surface area contributed by atoms with Crippen LogP contribution in [0.5, 0.6) is 5.88 Å². The number of methoxy groups -OCH3 is 1. The van der Waals surface area contributed by atoms with Crippen LogP contribution in [0, 0.1) is 6.92 Å². The quantitative estimate of drug-likeness (QED) is 0.845. The number of rotatable bonds is 5. The number of aromatic nitrogens is 2. The fourth-order valence-corrected chi connectivity index (χ4v) is 4.18. The van der Waals surface area contributed by atoms with Gasteiger partial charge in [-0.1, -0.05) is 6.07 Å². The number of likely N-dealkylation sites (tertiary alicyclic amines) is 1. The van der Waals surface area contributed by atoms with Crippen LogP contribution in [0.2, 0.25) is 0 Å². The summed E-state index contributed by atoms with van der Waals surface area (Å²) >= 11 is 1.71. The molecule has 5 nitrogen and oxygen atoms in total. The molecular formula is C17H23N3O2S. The van der Waals surface area contributed by atoms with Gasteiger partial charge in [0, 0.05) is 24.9 Å². The average Bonchev–Trinajstić information content (AvgIpc) is 3.24. The van der Waals surface area contributed by atoms with Crippen molar-refractivity contribution in [2.75, 3.05) is 13.7 Å². The molecular weight excluding hydrogens is 310 g/mol. The number of aryl methyl sites for hydroxylation is 3. The molecule has 1 atom stereocenters. The Morgan fingerprint density at radius 2 is 2.35 bits per heavy atom. The lowest BCUT2D eigenvalue weighted by Gasteiger charge is -2.25. The number of carbonyl (C=O) groups excluding carboxylic acids is 1. The minimum absolute atomic E-state index is 0.0921. The Hall–Kier alpha value is -1.82. The molecule has 0 saturated carbocycles. The number of carbonyl (C=O) groups is 1. The minimum atomic E-state index is 0.0921. The molecule has 0 unspecified atom stereocenters. The van der Waals surface area contributed by atoms with E-state index in [0.29, 0.717) is 6.42 Å². The fourth-order valence-electron chi connectivity index (χ4n) is 3.47. The van der Waals surface area contributed by atoms with Crippen molar-refractivity contribution >= 4 is 17.2 Å². The van der Waals surface area contributed by atoms with Crippen LogP contribution in [0.3, 0.4) is 0 Å². The highest BCUT2D eigenvalue weighted by Crippen LogP contribution is 2.39. The molecule has 0 aliphatic carbocycles. The first-order chi connectivity index (χ1) is 11.1. The van der Waals surface area contributed by atoms with Crippen LogP contribution >= 0.6 is 11.3 Å². The van der Waals surface area contributed by atoms with E-state index in [9.17, 15) is 4.79 Å². The topological polar surface area (TPSA) is 47.4 Å². The fraction of sp³-hybridized carbons (Fsp3) is 0.529. The van der Waals surface area contributed by atoms with E-state index in [0.717, 1.165) is 42.9 Å². The van der Waals surface area contributed by atoms with E-state index in [-0.39, 0.29) is 11.9 Å². The number of ether oxygens (including phenoxy) is 1. The minimum Gasteiger partial charge on any atom is -0.481 e. The summed E-state index contributed by atoms with van der Waals surface area (Å²) in [7, 11) is 3.55. The lowest BCUT2D eigenvalue weighted by atomic mass is 10.0. The maximum Gasteiger partial charge on any atom is 0.223 e. The molecule has 0 N–H and O–H groups in total. The van der Waals surface area contributed by atoms with E-state index in [1.54, 1.807) is 23.1 Å². The van der Waals surface area contributed by atoms with E-state index < -0.39 is 0 Å². The summed E-state index contributed by atoms with van der Waals surface area (Å²) < 4.78 is 7.28. The first-order valence-corrected chi connectivity index (χ1v) is 8.89. The molecule has 6 heteroatoms. The van der Waals surface area contributed by atoms with Crippen LogP contribution in [0.1, 0.15) is 41.4 Å². The Balaban J connectivity index is 1.76. The summed E-state index contributed by atoms with van der Waals surface area (Å²) in [6.45, 7) is 2.82. The van der Waals surface area contributed by atoms with Gasteiger partial charge < -0.3 is 9.64 Å². The van der Waals surface area contributed by atoms with Crippen LogP contribution in [-0.4, -0.2) is 34.2 Å². The zero-order chi connectivity index (χ0) is 16.4. The Kier molecular flexibility index (Phi) is 4.71. The van der Waals surface area contributed by atoms with Crippen molar-refractivity contribution in [3.8, 4) is 5.88 Å². The molecule has 1 fully saturated rings. The van der Waals surface area contributed by atoms with Crippen LogP contribution in [-0.2, 0) is 18.3 Å². The van der Waals surface area contributed by atoms with Gasteiger partial charge >= 0.3 is 0 Å². The van der Waals surface area contributed by atoms with Gasteiger partial charge in [-0.25, -0.2) is 4.68 Å². The molecule has 0 radical (unpaired) electrons. The van der Waals surface area contributed by atoms with Gasteiger partial charge in [0.1, 0.15) is 0 Å². The third kappa shape index (κ3) is 3.13. The molecule has 0 bridgehead atoms. The summed E-state index contributed by atoms with van der Waals surface area (Å²) in [6, 6.07) is 4.22. The smallest absolute Gasteiger partial charge is 0.223 e. The zero-order valence-corrected chi connectivity index (χ0v) is 14.7. The predicted molar refractivity (Wildman–Crippen MR) is 90.8 cm³/mol. The third-order valence-corrected chi connectivity index (χ3v) is 5.42. The standard InChI is InChI=1S/C17H23N3O2S/c1-12-16(17(22-3)19(2)18-12)14-7-4-10-20(14)15(21)9-8-13-6-5-11-23-13/h5-6,11,14H,4,7-10H2,1-3H3/t14-/m1/s1. The highest BCUT2D eigenvalue weighted by molar-refractivity contribution is 7.09. The number of thiophene rings is 1. The molecule has 0 aromatic carbocycles. The van der Waals surface area contributed by atoms with Crippen molar-refractivity contribution in [1.29, 1.82) is 0 Å². The second kappa shape index (κ2) is 6.74. The van der Waals surface area contributed by atoms with Crippen molar-refractivity contribution in [3.05, 3.63) is 33.6 Å². The Labute approximate surface area is 140 Å². The predicted octanol–water partition coefficient (Wildman–Crippen LogP) is 3.09. The average molecular weight is 333 g/mol. The van der Waals surface area contributed by atoms with Crippen molar-refractivity contribution in [2.24, 2.45) is 7.05 Å². The lowest BCUT2D eigenvalue weighted by molar-refractivity contribution is -0.132. The first-order valence-electron chi connectivity index (χ1n) is 8.01. The highest BCUT2D eigenvalue weighted by Gasteiger charge is 2.34. The number of amides is 1. The van der Waals surface area contributed by atoms with E-state index in [4.69, 9.17) is 4.74 Å². The SMILES string of the molecule is COc1c([C@H]2CCCN2C(=O)CCc2cccs2)c(C)nn1C. The normalized spacial score (nSPS) is 17.7. The molecule has 124 valence electrons. The molecule has 0 spiro atoms. The molecule has 1 amide bonds. The third-order valence-electron chi connectivity index (χ3n) is 4.48. The summed E-state index contributed by atoms with van der Waals surface area (Å²) in [5.74, 6) is 0.997. The van der Waals surface area contributed by atoms with E-state index >= 15 is 0 Å². The summed E-state index contributed by atoms with van der Waals surface area (Å²) in [5.41, 5.74) is 2.02. The molecule has 1 aliphatic rings. The zero-order valence-electron chi connectivity index (χ0n) is 13.9.